The second-order valence-electron chi connectivity index (χ2n) is 7.10. The predicted molar refractivity (Wildman–Crippen MR) is 84.3 cm³/mol. The van der Waals surface area contributed by atoms with Crippen LogP contribution in [0.25, 0.3) is 6.08 Å². The highest BCUT2D eigenvalue weighted by molar-refractivity contribution is 6.58. The summed E-state index contributed by atoms with van der Waals surface area (Å²) in [5, 5.41) is 0. The number of allylic oxidation sites excluding steroid dienone is 2. The SMILES string of the molecule is CC1=CC(C)=[N+]2C1=Cc1cc(C(=O)C(C)(C)C)cn1[B-]2(F)F. The number of ketones is 1. The smallest absolute Gasteiger partial charge is 0.396 e. The van der Waals surface area contributed by atoms with Crippen molar-refractivity contribution in [2.75, 3.05) is 0 Å². The summed E-state index contributed by atoms with van der Waals surface area (Å²) >= 11 is 0. The van der Waals surface area contributed by atoms with Crippen LogP contribution < -0.4 is 0 Å². The number of halogens is 2. The number of hydrogen-bond acceptors (Lipinski definition) is 1. The Bertz CT molecular complexity index is 792. The first-order chi connectivity index (χ1) is 10.0. The average Bonchev–Trinajstić information content (AvgIpc) is 2.91. The number of Topliss-reactive ketones (excluding diaryl/α,β-unsaturated/α-hetero) is 1. The van der Waals surface area contributed by atoms with E-state index in [0.717, 1.165) is 14.5 Å². The Kier molecular flexibility index (Phi) is 2.90. The van der Waals surface area contributed by atoms with Crippen LogP contribution in [0, 0.1) is 5.41 Å². The summed E-state index contributed by atoms with van der Waals surface area (Å²) < 4.78 is 31.8. The number of nitrogens with zero attached hydrogens (tertiary/aromatic N) is 2. The Morgan fingerprint density at radius 2 is 1.86 bits per heavy atom. The van der Waals surface area contributed by atoms with E-state index in [1.54, 1.807) is 45.9 Å². The Morgan fingerprint density at radius 1 is 1.23 bits per heavy atom. The van der Waals surface area contributed by atoms with Gasteiger partial charge in [-0.05, 0) is 19.2 Å². The van der Waals surface area contributed by atoms with Crippen LogP contribution in [0.1, 0.15) is 50.7 Å². The van der Waals surface area contributed by atoms with Gasteiger partial charge in [0.05, 0.1) is 0 Å². The first-order valence-electron chi connectivity index (χ1n) is 7.36. The third kappa shape index (κ3) is 1.93. The quantitative estimate of drug-likeness (QED) is 0.573. The van der Waals surface area contributed by atoms with Crippen molar-refractivity contribution in [1.82, 2.24) is 4.48 Å². The molecule has 0 saturated heterocycles. The van der Waals surface area contributed by atoms with E-state index in [4.69, 9.17) is 0 Å². The Morgan fingerprint density at radius 3 is 2.45 bits per heavy atom. The van der Waals surface area contributed by atoms with Crippen LogP contribution in [0.3, 0.4) is 0 Å². The molecule has 116 valence electrons. The molecule has 2 aliphatic rings. The highest BCUT2D eigenvalue weighted by Gasteiger charge is 2.52. The standard InChI is InChI=1S/C16H19BF2N2O/c1-10-6-11(2)21-14(10)8-13-7-12(15(22)16(3,4)5)9-20(13)17(21,18)19/h6-9H,1-5H3. The molecule has 0 fully saturated rings. The molecule has 6 heteroatoms. The molecule has 0 saturated carbocycles. The number of fused-ring (bicyclic) bond motifs is 2. The van der Waals surface area contributed by atoms with E-state index in [9.17, 15) is 13.4 Å². The van der Waals surface area contributed by atoms with Gasteiger partial charge in [0.1, 0.15) is 5.71 Å². The largest absolute Gasteiger partial charge is 0.737 e. The van der Waals surface area contributed by atoms with Crippen molar-refractivity contribution >= 4 is 24.5 Å². The van der Waals surface area contributed by atoms with Crippen molar-refractivity contribution in [2.24, 2.45) is 5.41 Å². The molecule has 22 heavy (non-hydrogen) atoms. The molecule has 0 spiro atoms. The number of hydrogen-bond donors (Lipinski definition) is 0. The summed E-state index contributed by atoms with van der Waals surface area (Å²) in [4.78, 5) is 12.4. The molecule has 0 unspecified atom stereocenters. The molecule has 0 amide bonds. The van der Waals surface area contributed by atoms with Crippen LogP contribution in [0.4, 0.5) is 8.63 Å². The maximum Gasteiger partial charge on any atom is 0.737 e. The lowest BCUT2D eigenvalue weighted by molar-refractivity contribution is -0.362. The number of carbonyl (C=O) groups is 1. The average molecular weight is 304 g/mol. The fraction of sp³-hybridized carbons (Fsp3) is 0.375. The van der Waals surface area contributed by atoms with Crippen LogP contribution in [0.15, 0.2) is 29.6 Å². The Balaban J connectivity index is 2.19. The van der Waals surface area contributed by atoms with Crippen LogP contribution in [-0.2, 0) is 0 Å². The number of aromatic nitrogens is 1. The summed E-state index contributed by atoms with van der Waals surface area (Å²) in [6.07, 6.45) is 4.77. The van der Waals surface area contributed by atoms with E-state index in [-0.39, 0.29) is 5.78 Å². The lowest BCUT2D eigenvalue weighted by Crippen LogP contribution is -2.49. The molecule has 3 heterocycles. The molecular formula is C16H19BF2N2O. The van der Waals surface area contributed by atoms with Gasteiger partial charge in [-0.25, -0.2) is 0 Å². The van der Waals surface area contributed by atoms with Crippen LogP contribution in [0.5, 0.6) is 0 Å². The van der Waals surface area contributed by atoms with Gasteiger partial charge in [-0.15, -0.1) is 0 Å². The van der Waals surface area contributed by atoms with Crippen molar-refractivity contribution < 1.29 is 17.9 Å². The third-order valence-electron chi connectivity index (χ3n) is 4.22. The molecule has 0 aliphatic carbocycles. The minimum absolute atomic E-state index is 0.132. The van der Waals surface area contributed by atoms with Gasteiger partial charge < -0.3 is 17.6 Å². The molecule has 2 aliphatic heterocycles. The van der Waals surface area contributed by atoms with Crippen LogP contribution in [-0.4, -0.2) is 27.4 Å². The van der Waals surface area contributed by atoms with Crippen molar-refractivity contribution in [2.45, 2.75) is 34.6 Å². The van der Waals surface area contributed by atoms with Gasteiger partial charge in [-0.3, -0.25) is 4.79 Å². The Hall–Kier alpha value is -1.98. The molecule has 3 rings (SSSR count). The monoisotopic (exact) mass is 304 g/mol. The maximum absolute atomic E-state index is 14.9. The van der Waals surface area contributed by atoms with Gasteiger partial charge in [0.25, 0.3) is 0 Å². The van der Waals surface area contributed by atoms with E-state index in [1.165, 1.54) is 6.20 Å². The topological polar surface area (TPSA) is 25.0 Å². The molecule has 0 aromatic carbocycles. The summed E-state index contributed by atoms with van der Waals surface area (Å²) in [6.45, 7) is 4.89. The molecule has 0 atom stereocenters. The molecule has 3 nitrogen and oxygen atoms in total. The molecule has 0 N–H and O–H groups in total. The lowest BCUT2D eigenvalue weighted by atomic mass is 9.87. The predicted octanol–water partition coefficient (Wildman–Crippen LogP) is 3.73. The molecule has 1 aromatic rings. The van der Waals surface area contributed by atoms with Crippen LogP contribution >= 0.6 is 0 Å². The lowest BCUT2D eigenvalue weighted by Gasteiger charge is -2.28. The van der Waals surface area contributed by atoms with Crippen molar-refractivity contribution in [3.63, 3.8) is 0 Å². The van der Waals surface area contributed by atoms with Crippen molar-refractivity contribution in [1.29, 1.82) is 0 Å². The third-order valence-corrected chi connectivity index (χ3v) is 4.22. The van der Waals surface area contributed by atoms with Crippen molar-refractivity contribution in [3.8, 4) is 0 Å². The van der Waals surface area contributed by atoms with E-state index in [0.29, 0.717) is 22.7 Å². The summed E-state index contributed by atoms with van der Waals surface area (Å²) in [5.41, 5.74) is 1.98. The fourth-order valence-electron chi connectivity index (χ4n) is 3.13. The fourth-order valence-corrected chi connectivity index (χ4v) is 3.13. The first-order valence-corrected chi connectivity index (χ1v) is 7.36. The zero-order valence-corrected chi connectivity index (χ0v) is 13.4. The van der Waals surface area contributed by atoms with E-state index >= 15 is 0 Å². The zero-order chi connectivity index (χ0) is 16.4. The van der Waals surface area contributed by atoms with Gasteiger partial charge >= 0.3 is 6.97 Å². The number of rotatable bonds is 1. The number of carbonyl (C=O) groups excluding carboxylic acids is 1. The van der Waals surface area contributed by atoms with Gasteiger partial charge in [0, 0.05) is 41.3 Å². The second kappa shape index (κ2) is 4.27. The normalized spacial score (nSPS) is 19.6. The maximum atomic E-state index is 14.9. The molecule has 0 bridgehead atoms. The highest BCUT2D eigenvalue weighted by atomic mass is 19.2. The van der Waals surface area contributed by atoms with Crippen molar-refractivity contribution in [3.05, 3.63) is 40.9 Å². The second-order valence-corrected chi connectivity index (χ2v) is 7.10. The molecular weight excluding hydrogens is 285 g/mol. The summed E-state index contributed by atoms with van der Waals surface area (Å²) in [7, 11) is 0. The first kappa shape index (κ1) is 14.9. The van der Waals surface area contributed by atoms with Gasteiger partial charge in [-0.1, -0.05) is 20.8 Å². The highest BCUT2D eigenvalue weighted by Crippen LogP contribution is 2.35. The molecule has 0 radical (unpaired) electrons. The van der Waals surface area contributed by atoms with Gasteiger partial charge in [-0.2, -0.15) is 0 Å². The summed E-state index contributed by atoms with van der Waals surface area (Å²) in [5.74, 6) is -0.132. The minimum atomic E-state index is -3.97. The van der Waals surface area contributed by atoms with E-state index in [2.05, 4.69) is 0 Å². The minimum Gasteiger partial charge on any atom is -0.396 e. The van der Waals surface area contributed by atoms with E-state index < -0.39 is 12.4 Å². The van der Waals surface area contributed by atoms with Gasteiger partial charge in [0.15, 0.2) is 11.5 Å². The van der Waals surface area contributed by atoms with Gasteiger partial charge in [0.2, 0.25) is 0 Å². The Labute approximate surface area is 128 Å². The zero-order valence-electron chi connectivity index (χ0n) is 13.4. The van der Waals surface area contributed by atoms with Crippen LogP contribution in [0.2, 0.25) is 0 Å². The molecule has 1 aromatic heterocycles. The van der Waals surface area contributed by atoms with E-state index in [1.807, 2.05) is 6.92 Å². The summed E-state index contributed by atoms with van der Waals surface area (Å²) in [6, 6.07) is 1.56.